The van der Waals surface area contributed by atoms with E-state index in [1.54, 1.807) is 0 Å². The average molecular weight is 190 g/mol. The zero-order valence-electron chi connectivity index (χ0n) is 7.25. The molecule has 0 unspecified atom stereocenters. The molecule has 0 aliphatic carbocycles. The number of hydrogen-bond acceptors (Lipinski definition) is 3. The Morgan fingerprint density at radius 3 is 2.75 bits per heavy atom. The van der Waals surface area contributed by atoms with Gasteiger partial charge in [-0.1, -0.05) is 0 Å². The molecule has 12 heavy (non-hydrogen) atoms. The molecule has 1 heterocycles. The molecule has 0 bridgehead atoms. The van der Waals surface area contributed by atoms with Crippen LogP contribution in [0, 0.1) is 6.92 Å². The van der Waals surface area contributed by atoms with E-state index in [-0.39, 0.29) is 0 Å². The molecule has 1 aromatic heterocycles. The molecule has 0 saturated heterocycles. The van der Waals surface area contributed by atoms with Crippen molar-refractivity contribution < 1.29 is 4.74 Å². The van der Waals surface area contributed by atoms with Crippen molar-refractivity contribution in [3.8, 4) is 0 Å². The lowest BCUT2D eigenvalue weighted by atomic mass is 10.6. The largest absolute Gasteiger partial charge is 0.380 e. The maximum absolute atomic E-state index is 5.76. The second-order valence-electron chi connectivity index (χ2n) is 2.36. The fraction of sp³-hybridized carbons (Fsp3) is 0.714. The second-order valence-corrected chi connectivity index (χ2v) is 2.70. The van der Waals surface area contributed by atoms with E-state index in [0.29, 0.717) is 18.4 Å². The van der Waals surface area contributed by atoms with Gasteiger partial charge in [0, 0.05) is 6.61 Å². The first-order valence-corrected chi connectivity index (χ1v) is 4.26. The Morgan fingerprint density at radius 1 is 1.50 bits per heavy atom. The molecule has 1 rings (SSSR count). The van der Waals surface area contributed by atoms with Crippen LogP contribution in [-0.4, -0.2) is 28.0 Å². The van der Waals surface area contributed by atoms with Crippen molar-refractivity contribution >= 4 is 11.6 Å². The number of nitrogens with zero attached hydrogens (tertiary/aromatic N) is 3. The highest BCUT2D eigenvalue weighted by Crippen LogP contribution is 2.06. The second kappa shape index (κ2) is 4.42. The number of aromatic nitrogens is 3. The summed E-state index contributed by atoms with van der Waals surface area (Å²) in [5, 5.41) is 7.96. The zero-order chi connectivity index (χ0) is 8.97. The van der Waals surface area contributed by atoms with Gasteiger partial charge in [-0.2, -0.15) is 0 Å². The Bertz CT molecular complexity index is 229. The summed E-state index contributed by atoms with van der Waals surface area (Å²) in [5.41, 5.74) is 0. The molecule has 5 heteroatoms. The molecule has 1 aromatic rings. The normalized spacial score (nSPS) is 10.6. The van der Waals surface area contributed by atoms with Crippen LogP contribution >= 0.6 is 11.6 Å². The zero-order valence-corrected chi connectivity index (χ0v) is 8.01. The third kappa shape index (κ3) is 2.19. The van der Waals surface area contributed by atoms with Gasteiger partial charge in [0.1, 0.15) is 5.82 Å². The van der Waals surface area contributed by atoms with Gasteiger partial charge in [0.05, 0.1) is 13.2 Å². The van der Waals surface area contributed by atoms with Crippen LogP contribution in [-0.2, 0) is 11.3 Å². The molecule has 0 saturated carbocycles. The Kier molecular flexibility index (Phi) is 3.49. The third-order valence-electron chi connectivity index (χ3n) is 1.55. The molecule has 4 nitrogen and oxygen atoms in total. The van der Waals surface area contributed by atoms with Crippen LogP contribution in [0.3, 0.4) is 0 Å². The molecule has 0 aliphatic rings. The van der Waals surface area contributed by atoms with Crippen LogP contribution in [0.5, 0.6) is 0 Å². The first-order valence-electron chi connectivity index (χ1n) is 3.88. The molecular weight excluding hydrogens is 178 g/mol. The quantitative estimate of drug-likeness (QED) is 0.670. The van der Waals surface area contributed by atoms with Crippen molar-refractivity contribution in [1.82, 2.24) is 14.8 Å². The molecule has 0 aliphatic heterocycles. The average Bonchev–Trinajstić information content (AvgIpc) is 2.35. The van der Waals surface area contributed by atoms with Gasteiger partial charge >= 0.3 is 0 Å². The molecule has 0 aromatic carbocycles. The fourth-order valence-corrected chi connectivity index (χ4v) is 1.15. The summed E-state index contributed by atoms with van der Waals surface area (Å²) >= 11 is 5.76. The Balaban J connectivity index is 2.50. The molecule has 0 amide bonds. The van der Waals surface area contributed by atoms with Gasteiger partial charge in [-0.15, -0.1) is 10.2 Å². The smallest absolute Gasteiger partial charge is 0.225 e. The fourth-order valence-electron chi connectivity index (χ4n) is 0.909. The third-order valence-corrected chi connectivity index (χ3v) is 1.83. The van der Waals surface area contributed by atoms with Crippen molar-refractivity contribution in [2.45, 2.75) is 20.4 Å². The van der Waals surface area contributed by atoms with E-state index in [1.807, 2.05) is 18.4 Å². The van der Waals surface area contributed by atoms with E-state index >= 15 is 0 Å². The number of hydrogen-bond donors (Lipinski definition) is 0. The lowest BCUT2D eigenvalue weighted by Crippen LogP contribution is -2.07. The molecule has 0 spiro atoms. The van der Waals surface area contributed by atoms with E-state index in [0.717, 1.165) is 12.4 Å². The lowest BCUT2D eigenvalue weighted by Gasteiger charge is -2.04. The first-order chi connectivity index (χ1) is 5.75. The first kappa shape index (κ1) is 9.48. The van der Waals surface area contributed by atoms with Crippen LogP contribution in [0.4, 0.5) is 0 Å². The van der Waals surface area contributed by atoms with Crippen molar-refractivity contribution in [3.05, 3.63) is 11.1 Å². The van der Waals surface area contributed by atoms with E-state index in [9.17, 15) is 0 Å². The summed E-state index contributed by atoms with van der Waals surface area (Å²) in [5.74, 6) is 0.819. The Morgan fingerprint density at radius 2 is 2.25 bits per heavy atom. The van der Waals surface area contributed by atoms with Crippen molar-refractivity contribution in [2.75, 3.05) is 13.2 Å². The van der Waals surface area contributed by atoms with Crippen molar-refractivity contribution in [3.63, 3.8) is 0 Å². The Labute approximate surface area is 76.5 Å². The van der Waals surface area contributed by atoms with Gasteiger partial charge in [-0.25, -0.2) is 0 Å². The molecule has 0 radical (unpaired) electrons. The van der Waals surface area contributed by atoms with Gasteiger partial charge in [0.25, 0.3) is 0 Å². The topological polar surface area (TPSA) is 39.9 Å². The van der Waals surface area contributed by atoms with Gasteiger partial charge < -0.3 is 4.74 Å². The molecular formula is C7H12ClN3O. The maximum atomic E-state index is 5.76. The van der Waals surface area contributed by atoms with Crippen LogP contribution < -0.4 is 0 Å². The molecule has 68 valence electrons. The van der Waals surface area contributed by atoms with Crippen LogP contribution in [0.2, 0.25) is 5.28 Å². The summed E-state index contributed by atoms with van der Waals surface area (Å²) in [6, 6.07) is 0. The van der Waals surface area contributed by atoms with Crippen molar-refractivity contribution in [2.24, 2.45) is 0 Å². The highest BCUT2D eigenvalue weighted by atomic mass is 35.5. The monoisotopic (exact) mass is 189 g/mol. The minimum absolute atomic E-state index is 0.423. The van der Waals surface area contributed by atoms with Gasteiger partial charge in [-0.05, 0) is 25.4 Å². The van der Waals surface area contributed by atoms with Crippen LogP contribution in [0.1, 0.15) is 12.7 Å². The highest BCUT2D eigenvalue weighted by Gasteiger charge is 2.04. The number of halogens is 1. The summed E-state index contributed by atoms with van der Waals surface area (Å²) in [6.45, 7) is 5.91. The van der Waals surface area contributed by atoms with Gasteiger partial charge in [0.2, 0.25) is 5.28 Å². The predicted molar refractivity (Wildman–Crippen MR) is 46.3 cm³/mol. The van der Waals surface area contributed by atoms with E-state index in [1.165, 1.54) is 0 Å². The standard InChI is InChI=1S/C7H12ClN3O/c1-3-12-5-4-11-6(2)9-10-7(11)8/h3-5H2,1-2H3. The maximum Gasteiger partial charge on any atom is 0.225 e. The molecule has 0 fully saturated rings. The van der Waals surface area contributed by atoms with Crippen LogP contribution in [0.25, 0.3) is 0 Å². The minimum atomic E-state index is 0.423. The van der Waals surface area contributed by atoms with E-state index in [4.69, 9.17) is 16.3 Å². The van der Waals surface area contributed by atoms with E-state index in [2.05, 4.69) is 10.2 Å². The summed E-state index contributed by atoms with van der Waals surface area (Å²) in [7, 11) is 0. The van der Waals surface area contributed by atoms with Crippen LogP contribution in [0.15, 0.2) is 0 Å². The lowest BCUT2D eigenvalue weighted by molar-refractivity contribution is 0.138. The number of ether oxygens (including phenoxy) is 1. The SMILES string of the molecule is CCOCCn1c(C)nnc1Cl. The summed E-state index contributed by atoms with van der Waals surface area (Å²) in [6.07, 6.45) is 0. The summed E-state index contributed by atoms with van der Waals surface area (Å²) < 4.78 is 7.00. The molecule has 0 N–H and O–H groups in total. The van der Waals surface area contributed by atoms with Gasteiger partial charge in [-0.3, -0.25) is 4.57 Å². The minimum Gasteiger partial charge on any atom is -0.380 e. The van der Waals surface area contributed by atoms with Crippen molar-refractivity contribution in [1.29, 1.82) is 0 Å². The summed E-state index contributed by atoms with van der Waals surface area (Å²) in [4.78, 5) is 0. The predicted octanol–water partition coefficient (Wildman–Crippen LogP) is 1.28. The number of aryl methyl sites for hydroxylation is 1. The van der Waals surface area contributed by atoms with Gasteiger partial charge in [0.15, 0.2) is 0 Å². The highest BCUT2D eigenvalue weighted by molar-refractivity contribution is 6.28. The Hall–Kier alpha value is -0.610. The molecule has 0 atom stereocenters. The number of rotatable bonds is 4. The van der Waals surface area contributed by atoms with E-state index < -0.39 is 0 Å².